The van der Waals surface area contributed by atoms with Crippen molar-refractivity contribution in [2.45, 2.75) is 65.6 Å². The molecule has 0 radical (unpaired) electrons. The first-order valence-corrected chi connectivity index (χ1v) is 6.49. The Labute approximate surface area is 95.4 Å². The van der Waals surface area contributed by atoms with Gasteiger partial charge in [0.05, 0.1) is 0 Å². The molecule has 90 valence electrons. The van der Waals surface area contributed by atoms with Crippen LogP contribution >= 0.6 is 0 Å². The summed E-state index contributed by atoms with van der Waals surface area (Å²) in [4.78, 5) is 2.67. The largest absolute Gasteiger partial charge is 0.313 e. The molecule has 0 aromatic heterocycles. The third kappa shape index (κ3) is 4.12. The van der Waals surface area contributed by atoms with E-state index in [-0.39, 0.29) is 0 Å². The van der Waals surface area contributed by atoms with Crippen LogP contribution in [0.4, 0.5) is 0 Å². The van der Waals surface area contributed by atoms with Crippen LogP contribution in [0.3, 0.4) is 0 Å². The molecule has 0 amide bonds. The van der Waals surface area contributed by atoms with Crippen LogP contribution in [0, 0.1) is 5.92 Å². The molecule has 0 spiro atoms. The van der Waals surface area contributed by atoms with Gasteiger partial charge in [-0.15, -0.1) is 0 Å². The maximum atomic E-state index is 3.60. The monoisotopic (exact) mass is 212 g/mol. The van der Waals surface area contributed by atoms with Gasteiger partial charge in [0.25, 0.3) is 0 Å². The van der Waals surface area contributed by atoms with Crippen molar-refractivity contribution in [2.24, 2.45) is 5.92 Å². The molecule has 1 N–H and O–H groups in total. The minimum absolute atomic E-state index is 0.674. The molecule has 2 unspecified atom stereocenters. The summed E-state index contributed by atoms with van der Waals surface area (Å²) >= 11 is 0. The van der Waals surface area contributed by atoms with E-state index < -0.39 is 0 Å². The van der Waals surface area contributed by atoms with E-state index in [1.165, 1.54) is 25.9 Å². The van der Waals surface area contributed by atoms with Crippen molar-refractivity contribution in [3.05, 3.63) is 0 Å². The number of hydrogen-bond donors (Lipinski definition) is 1. The number of nitrogens with zero attached hydrogens (tertiary/aromatic N) is 1. The van der Waals surface area contributed by atoms with Crippen molar-refractivity contribution in [1.29, 1.82) is 0 Å². The molecule has 1 saturated heterocycles. The summed E-state index contributed by atoms with van der Waals surface area (Å²) in [5, 5.41) is 3.60. The molecule has 2 nitrogen and oxygen atoms in total. The molecule has 1 aliphatic rings. The Kier molecular flexibility index (Phi) is 5.07. The third-order valence-electron chi connectivity index (χ3n) is 3.34. The Morgan fingerprint density at radius 2 is 1.87 bits per heavy atom. The van der Waals surface area contributed by atoms with Crippen LogP contribution < -0.4 is 5.32 Å². The number of piperidine rings is 1. The van der Waals surface area contributed by atoms with Crippen LogP contribution in [0.15, 0.2) is 0 Å². The van der Waals surface area contributed by atoms with Gasteiger partial charge < -0.3 is 5.32 Å². The average molecular weight is 212 g/mol. The summed E-state index contributed by atoms with van der Waals surface area (Å²) in [6.45, 7) is 14.0. The highest BCUT2D eigenvalue weighted by Gasteiger charge is 2.25. The van der Waals surface area contributed by atoms with Crippen molar-refractivity contribution in [3.63, 3.8) is 0 Å². The highest BCUT2D eigenvalue weighted by molar-refractivity contribution is 4.84. The first kappa shape index (κ1) is 13.0. The SMILES string of the molecule is CC(C)CN(C(C)C)C1CCC(C)NC1. The minimum Gasteiger partial charge on any atom is -0.313 e. The fourth-order valence-corrected chi connectivity index (χ4v) is 2.47. The van der Waals surface area contributed by atoms with Gasteiger partial charge in [0.15, 0.2) is 0 Å². The van der Waals surface area contributed by atoms with Crippen molar-refractivity contribution in [3.8, 4) is 0 Å². The zero-order chi connectivity index (χ0) is 11.4. The summed E-state index contributed by atoms with van der Waals surface area (Å²) in [6.07, 6.45) is 2.69. The van der Waals surface area contributed by atoms with Crippen LogP contribution in [0.25, 0.3) is 0 Å². The van der Waals surface area contributed by atoms with E-state index in [9.17, 15) is 0 Å². The highest BCUT2D eigenvalue weighted by Crippen LogP contribution is 2.17. The summed E-state index contributed by atoms with van der Waals surface area (Å²) in [7, 11) is 0. The van der Waals surface area contributed by atoms with Gasteiger partial charge in [-0.25, -0.2) is 0 Å². The van der Waals surface area contributed by atoms with Gasteiger partial charge in [0, 0.05) is 31.2 Å². The van der Waals surface area contributed by atoms with Gasteiger partial charge >= 0.3 is 0 Å². The Morgan fingerprint density at radius 3 is 2.27 bits per heavy atom. The molecule has 2 heteroatoms. The molecule has 1 aliphatic heterocycles. The van der Waals surface area contributed by atoms with Crippen LogP contribution in [-0.4, -0.2) is 36.1 Å². The predicted octanol–water partition coefficient (Wildman–Crippen LogP) is 2.49. The maximum Gasteiger partial charge on any atom is 0.0224 e. The molecule has 2 atom stereocenters. The van der Waals surface area contributed by atoms with Gasteiger partial charge in [0.1, 0.15) is 0 Å². The first-order valence-electron chi connectivity index (χ1n) is 6.49. The van der Waals surface area contributed by atoms with E-state index >= 15 is 0 Å². The molecule has 15 heavy (non-hydrogen) atoms. The molecule has 0 aromatic carbocycles. The van der Waals surface area contributed by atoms with E-state index in [1.54, 1.807) is 0 Å². The lowest BCUT2D eigenvalue weighted by atomic mass is 9.98. The molecular weight excluding hydrogens is 184 g/mol. The number of hydrogen-bond acceptors (Lipinski definition) is 2. The maximum absolute atomic E-state index is 3.60. The zero-order valence-electron chi connectivity index (χ0n) is 11.1. The smallest absolute Gasteiger partial charge is 0.0224 e. The minimum atomic E-state index is 0.674. The van der Waals surface area contributed by atoms with Gasteiger partial charge in [-0.3, -0.25) is 4.90 Å². The fraction of sp³-hybridized carbons (Fsp3) is 1.00. The average Bonchev–Trinajstić information content (AvgIpc) is 2.15. The molecule has 1 fully saturated rings. The lowest BCUT2D eigenvalue weighted by molar-refractivity contribution is 0.106. The molecular formula is C13H28N2. The Bertz CT molecular complexity index is 169. The quantitative estimate of drug-likeness (QED) is 0.770. The Morgan fingerprint density at radius 1 is 1.20 bits per heavy atom. The lowest BCUT2D eigenvalue weighted by Crippen LogP contribution is -2.52. The second-order valence-corrected chi connectivity index (χ2v) is 5.72. The van der Waals surface area contributed by atoms with E-state index in [0.29, 0.717) is 12.1 Å². The number of rotatable bonds is 4. The van der Waals surface area contributed by atoms with Crippen LogP contribution in [0.1, 0.15) is 47.5 Å². The normalized spacial score (nSPS) is 28.0. The fourth-order valence-electron chi connectivity index (χ4n) is 2.47. The summed E-state index contributed by atoms with van der Waals surface area (Å²) in [5.41, 5.74) is 0. The predicted molar refractivity (Wildman–Crippen MR) is 67.2 cm³/mol. The molecule has 0 bridgehead atoms. The topological polar surface area (TPSA) is 15.3 Å². The molecule has 0 aromatic rings. The second-order valence-electron chi connectivity index (χ2n) is 5.72. The van der Waals surface area contributed by atoms with Crippen molar-refractivity contribution >= 4 is 0 Å². The highest BCUT2D eigenvalue weighted by atomic mass is 15.2. The summed E-state index contributed by atoms with van der Waals surface area (Å²) < 4.78 is 0. The van der Waals surface area contributed by atoms with Gasteiger partial charge in [-0.2, -0.15) is 0 Å². The van der Waals surface area contributed by atoms with E-state index in [2.05, 4.69) is 44.8 Å². The molecule has 0 aliphatic carbocycles. The van der Waals surface area contributed by atoms with E-state index in [1.807, 2.05) is 0 Å². The van der Waals surface area contributed by atoms with Crippen LogP contribution in [0.5, 0.6) is 0 Å². The third-order valence-corrected chi connectivity index (χ3v) is 3.34. The van der Waals surface area contributed by atoms with Gasteiger partial charge in [-0.1, -0.05) is 13.8 Å². The standard InChI is InChI=1S/C13H28N2/c1-10(2)9-15(11(3)4)13-7-6-12(5)14-8-13/h10-14H,6-9H2,1-5H3. The van der Waals surface area contributed by atoms with Crippen molar-refractivity contribution in [2.75, 3.05) is 13.1 Å². The Hall–Kier alpha value is -0.0800. The van der Waals surface area contributed by atoms with Crippen LogP contribution in [0.2, 0.25) is 0 Å². The number of nitrogens with one attached hydrogen (secondary N) is 1. The lowest BCUT2D eigenvalue weighted by Gasteiger charge is -2.40. The van der Waals surface area contributed by atoms with Crippen molar-refractivity contribution < 1.29 is 0 Å². The van der Waals surface area contributed by atoms with Crippen LogP contribution in [-0.2, 0) is 0 Å². The second kappa shape index (κ2) is 5.86. The first-order chi connectivity index (χ1) is 7.00. The van der Waals surface area contributed by atoms with Crippen molar-refractivity contribution in [1.82, 2.24) is 10.2 Å². The molecule has 0 saturated carbocycles. The van der Waals surface area contributed by atoms with Gasteiger partial charge in [0.2, 0.25) is 0 Å². The summed E-state index contributed by atoms with van der Waals surface area (Å²) in [6, 6.07) is 2.14. The molecule has 1 rings (SSSR count). The molecule has 1 heterocycles. The zero-order valence-corrected chi connectivity index (χ0v) is 11.1. The van der Waals surface area contributed by atoms with E-state index in [0.717, 1.165) is 12.0 Å². The Balaban J connectivity index is 2.48. The van der Waals surface area contributed by atoms with Gasteiger partial charge in [-0.05, 0) is 39.5 Å². The van der Waals surface area contributed by atoms with E-state index in [4.69, 9.17) is 0 Å². The summed E-state index contributed by atoms with van der Waals surface area (Å²) in [5.74, 6) is 0.770.